The molecule has 0 unspecified atom stereocenters. The lowest BCUT2D eigenvalue weighted by Crippen LogP contribution is -2.35. The Kier molecular flexibility index (Phi) is 6.73. The molecule has 2 amide bonds. The highest BCUT2D eigenvalue weighted by Gasteiger charge is 2.34. The zero-order valence-corrected chi connectivity index (χ0v) is 17.9. The van der Waals surface area contributed by atoms with Crippen molar-refractivity contribution in [3.05, 3.63) is 58.1 Å². The number of amides is 2. The smallest absolute Gasteiger partial charge is 0.343 e. The van der Waals surface area contributed by atoms with Crippen LogP contribution >= 0.6 is 15.9 Å². The number of hydrogen-bond donors (Lipinski definition) is 1. The molecule has 1 heterocycles. The summed E-state index contributed by atoms with van der Waals surface area (Å²) in [7, 11) is 1.27. The third-order valence-electron chi connectivity index (χ3n) is 4.14. The van der Waals surface area contributed by atoms with Crippen LogP contribution in [0, 0.1) is 0 Å². The molecule has 156 valence electrons. The molecule has 1 N–H and O–H groups in total. The fourth-order valence-electron chi connectivity index (χ4n) is 2.71. The standard InChI is InChI=1S/C21H19BrN2O6/c1-3-29-17-10-13(16(22)11-18(17)30-12-19(25)28-2)9-15-20(26)23-24(21(15)27)14-7-5-4-6-8-14/h4-11H,3,12H2,1-2H3,(H,23,26)/b15-9-. The number of hydrazine groups is 1. The number of methoxy groups -OCH3 is 1. The fourth-order valence-corrected chi connectivity index (χ4v) is 3.15. The van der Waals surface area contributed by atoms with Crippen molar-refractivity contribution >= 4 is 45.5 Å². The van der Waals surface area contributed by atoms with Gasteiger partial charge in [0, 0.05) is 4.47 Å². The molecule has 1 aliphatic heterocycles. The number of benzene rings is 2. The van der Waals surface area contributed by atoms with Crippen molar-refractivity contribution in [3.8, 4) is 11.5 Å². The quantitative estimate of drug-likeness (QED) is 0.376. The fraction of sp³-hybridized carbons (Fsp3) is 0.190. The van der Waals surface area contributed by atoms with E-state index >= 15 is 0 Å². The van der Waals surface area contributed by atoms with Crippen molar-refractivity contribution in [1.82, 2.24) is 5.43 Å². The molecule has 0 aromatic heterocycles. The summed E-state index contributed by atoms with van der Waals surface area (Å²) in [6.45, 7) is 1.87. The molecule has 2 aromatic carbocycles. The molecule has 0 aliphatic carbocycles. The van der Waals surface area contributed by atoms with Gasteiger partial charge in [-0.15, -0.1) is 0 Å². The predicted octanol–water partition coefficient (Wildman–Crippen LogP) is 2.86. The van der Waals surface area contributed by atoms with Crippen LogP contribution in [0.2, 0.25) is 0 Å². The van der Waals surface area contributed by atoms with Crippen LogP contribution in [-0.4, -0.2) is 38.1 Å². The number of hydrogen-bond acceptors (Lipinski definition) is 6. The third-order valence-corrected chi connectivity index (χ3v) is 4.83. The number of halogens is 1. The van der Waals surface area contributed by atoms with Crippen LogP contribution in [0.1, 0.15) is 12.5 Å². The summed E-state index contributed by atoms with van der Waals surface area (Å²) in [6, 6.07) is 12.0. The summed E-state index contributed by atoms with van der Waals surface area (Å²) >= 11 is 3.41. The minimum absolute atomic E-state index is 0.0229. The molecule has 9 heteroatoms. The number of ether oxygens (including phenoxy) is 3. The maximum atomic E-state index is 12.8. The van der Waals surface area contributed by atoms with Gasteiger partial charge in [0.25, 0.3) is 11.8 Å². The third kappa shape index (κ3) is 4.62. The van der Waals surface area contributed by atoms with Gasteiger partial charge < -0.3 is 14.2 Å². The minimum Gasteiger partial charge on any atom is -0.490 e. The Morgan fingerprint density at radius 2 is 1.83 bits per heavy atom. The summed E-state index contributed by atoms with van der Waals surface area (Å²) in [6.07, 6.45) is 1.47. The van der Waals surface area contributed by atoms with E-state index in [1.165, 1.54) is 18.2 Å². The zero-order chi connectivity index (χ0) is 21.7. The van der Waals surface area contributed by atoms with Gasteiger partial charge >= 0.3 is 5.97 Å². The molecule has 3 rings (SSSR count). The number of para-hydroxylation sites is 1. The van der Waals surface area contributed by atoms with E-state index < -0.39 is 17.8 Å². The van der Waals surface area contributed by atoms with Crippen LogP contribution in [0.3, 0.4) is 0 Å². The van der Waals surface area contributed by atoms with E-state index in [1.54, 1.807) is 43.3 Å². The van der Waals surface area contributed by atoms with Gasteiger partial charge in [-0.1, -0.05) is 34.1 Å². The maximum Gasteiger partial charge on any atom is 0.343 e. The first-order valence-corrected chi connectivity index (χ1v) is 9.82. The summed E-state index contributed by atoms with van der Waals surface area (Å²) < 4.78 is 16.2. The molecule has 30 heavy (non-hydrogen) atoms. The number of nitrogens with zero attached hydrogens (tertiary/aromatic N) is 1. The van der Waals surface area contributed by atoms with Crippen LogP contribution < -0.4 is 19.9 Å². The van der Waals surface area contributed by atoms with Crippen LogP contribution in [0.25, 0.3) is 6.08 Å². The van der Waals surface area contributed by atoms with Crippen LogP contribution in [0.15, 0.2) is 52.5 Å². The Labute approximate surface area is 181 Å². The molecule has 0 saturated carbocycles. The molecule has 0 atom stereocenters. The van der Waals surface area contributed by atoms with Crippen LogP contribution in [0.4, 0.5) is 5.69 Å². The molecule has 0 radical (unpaired) electrons. The number of nitrogens with one attached hydrogen (secondary N) is 1. The Morgan fingerprint density at radius 1 is 1.13 bits per heavy atom. The molecular weight excluding hydrogens is 456 g/mol. The Balaban J connectivity index is 1.92. The first kappa shape index (κ1) is 21.4. The number of esters is 1. The zero-order valence-electron chi connectivity index (χ0n) is 16.3. The summed E-state index contributed by atoms with van der Waals surface area (Å²) in [5.74, 6) is -0.831. The van der Waals surface area contributed by atoms with Crippen molar-refractivity contribution in [2.24, 2.45) is 0 Å². The van der Waals surface area contributed by atoms with E-state index in [1.807, 2.05) is 6.07 Å². The SMILES string of the molecule is CCOc1cc(/C=C2/C(=O)NN(c3ccccc3)C2=O)c(Br)cc1OCC(=O)OC. The van der Waals surface area contributed by atoms with E-state index in [0.29, 0.717) is 33.8 Å². The molecule has 1 saturated heterocycles. The second-order valence-electron chi connectivity index (χ2n) is 6.09. The number of anilines is 1. The summed E-state index contributed by atoms with van der Waals surface area (Å²) in [5.41, 5.74) is 3.63. The Hall–Kier alpha value is -3.33. The van der Waals surface area contributed by atoms with Crippen molar-refractivity contribution in [1.29, 1.82) is 0 Å². The van der Waals surface area contributed by atoms with Crippen molar-refractivity contribution in [3.63, 3.8) is 0 Å². The second kappa shape index (κ2) is 9.45. The van der Waals surface area contributed by atoms with Gasteiger partial charge in [-0.3, -0.25) is 15.0 Å². The number of carbonyl (C=O) groups is 3. The highest BCUT2D eigenvalue weighted by Crippen LogP contribution is 2.35. The van der Waals surface area contributed by atoms with Gasteiger partial charge in [-0.25, -0.2) is 9.80 Å². The van der Waals surface area contributed by atoms with Gasteiger partial charge in [-0.2, -0.15) is 0 Å². The van der Waals surface area contributed by atoms with E-state index in [9.17, 15) is 14.4 Å². The van der Waals surface area contributed by atoms with Crippen LogP contribution in [0.5, 0.6) is 11.5 Å². The topological polar surface area (TPSA) is 94.2 Å². The summed E-state index contributed by atoms with van der Waals surface area (Å²) in [4.78, 5) is 36.5. The van der Waals surface area contributed by atoms with Gasteiger partial charge in [0.1, 0.15) is 5.57 Å². The second-order valence-corrected chi connectivity index (χ2v) is 6.95. The van der Waals surface area contributed by atoms with Crippen LogP contribution in [-0.2, 0) is 19.1 Å². The van der Waals surface area contributed by atoms with Gasteiger partial charge in [-0.05, 0) is 42.8 Å². The number of rotatable bonds is 7. The van der Waals surface area contributed by atoms with Crippen molar-refractivity contribution in [2.75, 3.05) is 25.3 Å². The molecule has 0 spiro atoms. The lowest BCUT2D eigenvalue weighted by atomic mass is 10.1. The van der Waals surface area contributed by atoms with Gasteiger partial charge in [0.05, 0.1) is 19.4 Å². The highest BCUT2D eigenvalue weighted by atomic mass is 79.9. The van der Waals surface area contributed by atoms with E-state index in [2.05, 4.69) is 26.1 Å². The van der Waals surface area contributed by atoms with Gasteiger partial charge in [0.2, 0.25) is 0 Å². The lowest BCUT2D eigenvalue weighted by molar-refractivity contribution is -0.143. The molecule has 2 aromatic rings. The van der Waals surface area contributed by atoms with E-state index in [4.69, 9.17) is 9.47 Å². The Morgan fingerprint density at radius 3 is 2.50 bits per heavy atom. The van der Waals surface area contributed by atoms with Crippen molar-refractivity contribution < 1.29 is 28.6 Å². The van der Waals surface area contributed by atoms with E-state index in [-0.39, 0.29) is 12.2 Å². The Bertz CT molecular complexity index is 1010. The molecular formula is C21H19BrN2O6. The lowest BCUT2D eigenvalue weighted by Gasteiger charge is -2.14. The largest absolute Gasteiger partial charge is 0.490 e. The molecule has 1 fully saturated rings. The molecule has 8 nitrogen and oxygen atoms in total. The monoisotopic (exact) mass is 474 g/mol. The average Bonchev–Trinajstić information content (AvgIpc) is 3.03. The maximum absolute atomic E-state index is 12.8. The van der Waals surface area contributed by atoms with E-state index in [0.717, 1.165) is 0 Å². The molecule has 0 bridgehead atoms. The minimum atomic E-state index is -0.533. The first-order valence-electron chi connectivity index (χ1n) is 9.02. The molecule has 1 aliphatic rings. The van der Waals surface area contributed by atoms with Gasteiger partial charge in [0.15, 0.2) is 18.1 Å². The average molecular weight is 475 g/mol. The van der Waals surface area contributed by atoms with Crippen molar-refractivity contribution in [2.45, 2.75) is 6.92 Å². The predicted molar refractivity (Wildman–Crippen MR) is 113 cm³/mol. The summed E-state index contributed by atoms with van der Waals surface area (Å²) in [5, 5.41) is 1.19. The first-order chi connectivity index (χ1) is 14.4. The highest BCUT2D eigenvalue weighted by molar-refractivity contribution is 9.10. The number of carbonyl (C=O) groups excluding carboxylic acids is 3. The normalized spacial score (nSPS) is 14.6.